The average Bonchev–Trinajstić information content (AvgIpc) is 3.03. The molecule has 5 nitrogen and oxygen atoms in total. The number of aliphatic hydroxyl groups is 1. The molecule has 2 aromatic rings. The Balaban J connectivity index is 1.44. The lowest BCUT2D eigenvalue weighted by Crippen LogP contribution is -2.26. The van der Waals surface area contributed by atoms with E-state index in [9.17, 15) is 5.11 Å². The molecular formula is C25H26O5. The summed E-state index contributed by atoms with van der Waals surface area (Å²) in [6, 6.07) is 11.4. The minimum Gasteiger partial charge on any atom is -0.465 e. The van der Waals surface area contributed by atoms with E-state index < -0.39 is 5.60 Å². The molecular weight excluding hydrogens is 380 g/mol. The molecule has 3 aliphatic rings. The third kappa shape index (κ3) is 3.45. The Bertz CT molecular complexity index is 894. The number of fused-ring (bicyclic) bond motifs is 3. The van der Waals surface area contributed by atoms with Gasteiger partial charge < -0.3 is 24.1 Å². The first-order valence-electron chi connectivity index (χ1n) is 10.7. The lowest BCUT2D eigenvalue weighted by Gasteiger charge is -2.25. The van der Waals surface area contributed by atoms with Crippen molar-refractivity contribution >= 4 is 0 Å². The number of benzene rings is 2. The molecule has 156 valence electrons. The molecule has 5 heteroatoms. The van der Waals surface area contributed by atoms with E-state index in [1.165, 1.54) is 0 Å². The Morgan fingerprint density at radius 3 is 1.73 bits per heavy atom. The fourth-order valence-electron chi connectivity index (χ4n) is 4.47. The number of terminal acetylenes is 1. The van der Waals surface area contributed by atoms with E-state index in [4.69, 9.17) is 25.4 Å². The van der Waals surface area contributed by atoms with Crippen molar-refractivity contribution in [3.05, 3.63) is 47.5 Å². The summed E-state index contributed by atoms with van der Waals surface area (Å²) < 4.78 is 23.3. The summed E-state index contributed by atoms with van der Waals surface area (Å²) in [5.74, 6) is 3.89. The molecule has 2 aliphatic heterocycles. The van der Waals surface area contributed by atoms with Crippen molar-refractivity contribution < 1.29 is 24.1 Å². The van der Waals surface area contributed by atoms with Crippen LogP contribution in [0.25, 0.3) is 11.1 Å². The molecule has 2 aromatic carbocycles. The van der Waals surface area contributed by atoms with Gasteiger partial charge in [-0.3, -0.25) is 0 Å². The van der Waals surface area contributed by atoms with Crippen molar-refractivity contribution in [3.8, 4) is 35.0 Å². The normalized spacial score (nSPS) is 27.6. The number of ether oxygens (including phenoxy) is 4. The van der Waals surface area contributed by atoms with Gasteiger partial charge in [-0.25, -0.2) is 0 Å². The maximum atomic E-state index is 11.5. The van der Waals surface area contributed by atoms with Crippen molar-refractivity contribution in [2.24, 2.45) is 0 Å². The van der Waals surface area contributed by atoms with Gasteiger partial charge in [0.2, 0.25) is 0 Å². The highest BCUT2D eigenvalue weighted by molar-refractivity contribution is 5.83. The highest BCUT2D eigenvalue weighted by Gasteiger charge is 2.41. The summed E-state index contributed by atoms with van der Waals surface area (Å²) in [5, 5.41) is 11.5. The highest BCUT2D eigenvalue weighted by atomic mass is 16.7. The van der Waals surface area contributed by atoms with Gasteiger partial charge >= 0.3 is 0 Å². The Morgan fingerprint density at radius 1 is 0.833 bits per heavy atom. The van der Waals surface area contributed by atoms with Gasteiger partial charge in [0.05, 0.1) is 13.2 Å². The monoisotopic (exact) mass is 406 g/mol. The van der Waals surface area contributed by atoms with Gasteiger partial charge in [-0.1, -0.05) is 18.1 Å². The van der Waals surface area contributed by atoms with Crippen molar-refractivity contribution in [3.63, 3.8) is 0 Å². The van der Waals surface area contributed by atoms with Crippen LogP contribution in [0.4, 0.5) is 0 Å². The second kappa shape index (κ2) is 7.96. The van der Waals surface area contributed by atoms with Gasteiger partial charge in [0, 0.05) is 24.0 Å². The summed E-state index contributed by atoms with van der Waals surface area (Å²) in [7, 11) is 0. The summed E-state index contributed by atoms with van der Waals surface area (Å²) in [5.41, 5.74) is 1.58. The van der Waals surface area contributed by atoms with Crippen LogP contribution in [-0.4, -0.2) is 30.9 Å². The SMILES string of the molecule is C#CC1(O)c2cc(OC3CCCCO3)ccc2-c2ccc(OC3CCCCO3)cc21. The van der Waals surface area contributed by atoms with Crippen LogP contribution >= 0.6 is 0 Å². The topological polar surface area (TPSA) is 57.2 Å². The standard InChI is InChI=1S/C25H26O5/c1-2-25(26)21-15-17(29-23-7-3-5-13-27-23)9-11-19(21)20-12-10-18(16-22(20)25)30-24-8-4-6-14-28-24/h1,9-12,15-16,23-24,26H,3-8,13-14H2. The predicted molar refractivity (Wildman–Crippen MR) is 112 cm³/mol. The van der Waals surface area contributed by atoms with E-state index in [-0.39, 0.29) is 12.6 Å². The van der Waals surface area contributed by atoms with Crippen molar-refractivity contribution in [1.29, 1.82) is 0 Å². The molecule has 0 amide bonds. The van der Waals surface area contributed by atoms with Crippen LogP contribution in [0.3, 0.4) is 0 Å². The number of hydrogen-bond acceptors (Lipinski definition) is 5. The second-order valence-corrected chi connectivity index (χ2v) is 8.10. The molecule has 0 saturated carbocycles. The van der Waals surface area contributed by atoms with Gasteiger partial charge in [0.1, 0.15) is 11.5 Å². The van der Waals surface area contributed by atoms with Crippen LogP contribution in [0.1, 0.15) is 49.7 Å². The lowest BCUT2D eigenvalue weighted by atomic mass is 9.92. The molecule has 5 rings (SSSR count). The maximum absolute atomic E-state index is 11.5. The average molecular weight is 406 g/mol. The molecule has 2 atom stereocenters. The van der Waals surface area contributed by atoms with E-state index in [2.05, 4.69) is 5.92 Å². The molecule has 2 saturated heterocycles. The third-order valence-electron chi connectivity index (χ3n) is 6.07. The van der Waals surface area contributed by atoms with Crippen molar-refractivity contribution in [2.45, 2.75) is 56.7 Å². The predicted octanol–water partition coefficient (Wildman–Crippen LogP) is 4.35. The summed E-state index contributed by atoms with van der Waals surface area (Å²) in [6.07, 6.45) is 11.3. The minimum atomic E-state index is -1.54. The molecule has 2 heterocycles. The molecule has 2 fully saturated rings. The summed E-state index contributed by atoms with van der Waals surface area (Å²) >= 11 is 0. The molecule has 1 aliphatic carbocycles. The van der Waals surface area contributed by atoms with Gasteiger partial charge in [0.25, 0.3) is 0 Å². The van der Waals surface area contributed by atoms with Gasteiger partial charge in [-0.05, 0) is 61.1 Å². The Labute approximate surface area is 176 Å². The smallest absolute Gasteiger partial charge is 0.199 e. The van der Waals surface area contributed by atoms with E-state index in [1.807, 2.05) is 36.4 Å². The van der Waals surface area contributed by atoms with Crippen molar-refractivity contribution in [2.75, 3.05) is 13.2 Å². The van der Waals surface area contributed by atoms with Crippen molar-refractivity contribution in [1.82, 2.24) is 0 Å². The zero-order chi connectivity index (χ0) is 20.6. The van der Waals surface area contributed by atoms with Gasteiger partial charge in [0.15, 0.2) is 18.2 Å². The molecule has 30 heavy (non-hydrogen) atoms. The van der Waals surface area contributed by atoms with Crippen LogP contribution in [0.2, 0.25) is 0 Å². The lowest BCUT2D eigenvalue weighted by molar-refractivity contribution is -0.106. The van der Waals surface area contributed by atoms with Crippen LogP contribution < -0.4 is 9.47 Å². The summed E-state index contributed by atoms with van der Waals surface area (Å²) in [4.78, 5) is 0. The number of rotatable bonds is 4. The highest BCUT2D eigenvalue weighted by Crippen LogP contribution is 2.49. The Kier molecular flexibility index (Phi) is 5.16. The van der Waals surface area contributed by atoms with Crippen LogP contribution in [0.15, 0.2) is 36.4 Å². The van der Waals surface area contributed by atoms with E-state index >= 15 is 0 Å². The molecule has 0 aromatic heterocycles. The quantitative estimate of drug-likeness (QED) is 0.765. The molecule has 0 bridgehead atoms. The van der Waals surface area contributed by atoms with E-state index in [0.29, 0.717) is 35.8 Å². The Morgan fingerprint density at radius 2 is 1.33 bits per heavy atom. The van der Waals surface area contributed by atoms with Crippen LogP contribution in [0, 0.1) is 12.3 Å². The van der Waals surface area contributed by atoms with E-state index in [1.54, 1.807) is 0 Å². The molecule has 0 spiro atoms. The fraction of sp³-hybridized carbons (Fsp3) is 0.440. The molecule has 0 radical (unpaired) electrons. The maximum Gasteiger partial charge on any atom is 0.199 e. The zero-order valence-corrected chi connectivity index (χ0v) is 16.9. The number of hydrogen-bond donors (Lipinski definition) is 1. The Hall–Kier alpha value is -2.52. The first-order chi connectivity index (χ1) is 14.7. The first-order valence-corrected chi connectivity index (χ1v) is 10.7. The minimum absolute atomic E-state index is 0.255. The van der Waals surface area contributed by atoms with E-state index in [0.717, 1.165) is 49.7 Å². The first kappa shape index (κ1) is 19.4. The molecule has 1 N–H and O–H groups in total. The zero-order valence-electron chi connectivity index (χ0n) is 16.9. The van der Waals surface area contributed by atoms with Crippen LogP contribution in [0.5, 0.6) is 11.5 Å². The third-order valence-corrected chi connectivity index (χ3v) is 6.07. The molecule has 2 unspecified atom stereocenters. The summed E-state index contributed by atoms with van der Waals surface area (Å²) in [6.45, 7) is 1.42. The largest absolute Gasteiger partial charge is 0.465 e. The fourth-order valence-corrected chi connectivity index (χ4v) is 4.47. The van der Waals surface area contributed by atoms with Gasteiger partial charge in [-0.15, -0.1) is 6.42 Å². The van der Waals surface area contributed by atoms with Gasteiger partial charge in [-0.2, -0.15) is 0 Å². The van der Waals surface area contributed by atoms with Crippen LogP contribution in [-0.2, 0) is 15.1 Å². The second-order valence-electron chi connectivity index (χ2n) is 8.10.